The fraction of sp³-hybridized carbons (Fsp3) is 0.304. The lowest BCUT2D eigenvalue weighted by molar-refractivity contribution is -0.127. The summed E-state index contributed by atoms with van der Waals surface area (Å²) in [7, 11) is 0. The first-order valence-corrected chi connectivity index (χ1v) is 10.6. The van der Waals surface area contributed by atoms with Crippen molar-refractivity contribution in [2.75, 3.05) is 13.2 Å². The van der Waals surface area contributed by atoms with Crippen molar-refractivity contribution in [3.8, 4) is 0 Å². The molecule has 0 aromatic heterocycles. The predicted octanol–water partition coefficient (Wildman–Crippen LogP) is -1.98. The highest BCUT2D eigenvalue weighted by Crippen LogP contribution is 2.39. The van der Waals surface area contributed by atoms with Gasteiger partial charge in [-0.15, -0.1) is 0 Å². The molecule has 0 radical (unpaired) electrons. The first-order chi connectivity index (χ1) is 16.7. The maximum atomic E-state index is 13.2. The van der Waals surface area contributed by atoms with Crippen LogP contribution in [-0.4, -0.2) is 92.1 Å². The van der Waals surface area contributed by atoms with Crippen LogP contribution < -0.4 is 10.7 Å². The zero-order valence-electron chi connectivity index (χ0n) is 18.4. The van der Waals surface area contributed by atoms with Crippen LogP contribution >= 0.6 is 0 Å². The van der Waals surface area contributed by atoms with E-state index in [2.05, 4.69) is 15.8 Å². The summed E-state index contributed by atoms with van der Waals surface area (Å²) in [6, 6.07) is 16.2. The van der Waals surface area contributed by atoms with Crippen molar-refractivity contribution < 1.29 is 39.9 Å². The summed E-state index contributed by atoms with van der Waals surface area (Å²) in [5, 5.41) is 53.2. The predicted molar refractivity (Wildman–Crippen MR) is 122 cm³/mol. The SMILES string of the molecule is O=C(CN1C(=O)NC(=O)C1(c1ccccc1)c1ccccc1)N/N=C/[C@H](O)[C@@H](O)[C@@H](O)[C@H](O)CO. The van der Waals surface area contributed by atoms with Crippen molar-refractivity contribution >= 4 is 24.1 Å². The number of hydrogen-bond acceptors (Lipinski definition) is 9. The standard InChI is InChI=1S/C23H26N4O8/c28-13-17(30)20(33)19(32)16(29)11-24-26-18(31)12-27-22(35)25-21(34)23(27,14-7-3-1-4-8-14)15-9-5-2-6-10-15/h1-11,16-17,19-20,28-30,32-33H,12-13H2,(H,26,31)(H,25,34,35)/b24-11+/t16-,17+,19+,20-/m0/s1. The molecule has 0 saturated carbocycles. The summed E-state index contributed by atoms with van der Waals surface area (Å²) in [4.78, 5) is 39.6. The number of carbonyl (C=O) groups excluding carboxylic acids is 3. The number of benzene rings is 2. The molecule has 4 amide bonds. The lowest BCUT2D eigenvalue weighted by atomic mass is 9.81. The van der Waals surface area contributed by atoms with Gasteiger partial charge in [-0.2, -0.15) is 5.10 Å². The monoisotopic (exact) mass is 486 g/mol. The average Bonchev–Trinajstić information content (AvgIpc) is 3.12. The Balaban J connectivity index is 1.81. The Hall–Kier alpha value is -3.68. The molecular weight excluding hydrogens is 460 g/mol. The third-order valence-electron chi connectivity index (χ3n) is 5.58. The molecule has 12 nitrogen and oxygen atoms in total. The molecule has 1 saturated heterocycles. The van der Waals surface area contributed by atoms with E-state index in [0.29, 0.717) is 17.3 Å². The Kier molecular flexibility index (Phi) is 8.27. The molecule has 1 fully saturated rings. The number of nitrogens with one attached hydrogen (secondary N) is 2. The van der Waals surface area contributed by atoms with Gasteiger partial charge in [0.15, 0.2) is 5.54 Å². The Morgan fingerprint density at radius 2 is 1.51 bits per heavy atom. The molecule has 2 aromatic rings. The molecular formula is C23H26N4O8. The topological polar surface area (TPSA) is 192 Å². The van der Waals surface area contributed by atoms with E-state index in [9.17, 15) is 34.8 Å². The Morgan fingerprint density at radius 1 is 0.971 bits per heavy atom. The number of aliphatic hydroxyl groups is 5. The fourth-order valence-corrected chi connectivity index (χ4v) is 3.81. The number of nitrogens with zero attached hydrogens (tertiary/aromatic N) is 2. The summed E-state index contributed by atoms with van der Waals surface area (Å²) in [6.45, 7) is -1.44. The van der Waals surface area contributed by atoms with E-state index in [1.807, 2.05) is 0 Å². The maximum absolute atomic E-state index is 13.2. The van der Waals surface area contributed by atoms with Crippen LogP contribution in [0.1, 0.15) is 11.1 Å². The van der Waals surface area contributed by atoms with Crippen LogP contribution in [0.5, 0.6) is 0 Å². The van der Waals surface area contributed by atoms with Crippen molar-refractivity contribution in [2.45, 2.75) is 30.0 Å². The third-order valence-corrected chi connectivity index (χ3v) is 5.58. The number of rotatable bonds is 10. The van der Waals surface area contributed by atoms with E-state index >= 15 is 0 Å². The molecule has 7 N–H and O–H groups in total. The summed E-state index contributed by atoms with van der Waals surface area (Å²) < 4.78 is 0. The number of urea groups is 1. The van der Waals surface area contributed by atoms with E-state index in [1.165, 1.54) is 0 Å². The Labute approximate surface area is 200 Å². The molecule has 2 aromatic carbocycles. The van der Waals surface area contributed by atoms with Gasteiger partial charge >= 0.3 is 6.03 Å². The fourth-order valence-electron chi connectivity index (χ4n) is 3.81. The van der Waals surface area contributed by atoms with Crippen LogP contribution in [0.2, 0.25) is 0 Å². The number of hydrazone groups is 1. The van der Waals surface area contributed by atoms with Gasteiger partial charge in [0, 0.05) is 0 Å². The van der Waals surface area contributed by atoms with Crippen LogP contribution in [0.3, 0.4) is 0 Å². The minimum absolute atomic E-state index is 0.459. The highest BCUT2D eigenvalue weighted by atomic mass is 16.4. The largest absolute Gasteiger partial charge is 0.394 e. The van der Waals surface area contributed by atoms with Crippen molar-refractivity contribution in [2.24, 2.45) is 5.10 Å². The van der Waals surface area contributed by atoms with E-state index in [-0.39, 0.29) is 0 Å². The number of amides is 4. The van der Waals surface area contributed by atoms with Crippen molar-refractivity contribution in [3.63, 3.8) is 0 Å². The average molecular weight is 486 g/mol. The molecule has 1 heterocycles. The molecule has 3 rings (SSSR count). The van der Waals surface area contributed by atoms with E-state index in [1.54, 1.807) is 60.7 Å². The molecule has 0 bridgehead atoms. The van der Waals surface area contributed by atoms with Gasteiger partial charge in [0.1, 0.15) is 31.0 Å². The second-order valence-electron chi connectivity index (χ2n) is 7.82. The quantitative estimate of drug-likeness (QED) is 0.114. The molecule has 1 aliphatic heterocycles. The van der Waals surface area contributed by atoms with Crippen LogP contribution in [0.15, 0.2) is 65.8 Å². The van der Waals surface area contributed by atoms with Gasteiger partial charge < -0.3 is 25.5 Å². The van der Waals surface area contributed by atoms with Crippen LogP contribution in [-0.2, 0) is 15.1 Å². The molecule has 1 aliphatic rings. The van der Waals surface area contributed by atoms with Crippen LogP contribution in [0, 0.1) is 0 Å². The maximum Gasteiger partial charge on any atom is 0.326 e. The van der Waals surface area contributed by atoms with Gasteiger partial charge in [-0.1, -0.05) is 60.7 Å². The zero-order valence-corrected chi connectivity index (χ0v) is 18.4. The van der Waals surface area contributed by atoms with Crippen molar-refractivity contribution in [1.82, 2.24) is 15.6 Å². The van der Waals surface area contributed by atoms with E-state index < -0.39 is 61.0 Å². The van der Waals surface area contributed by atoms with E-state index in [0.717, 1.165) is 4.90 Å². The molecule has 0 spiro atoms. The van der Waals surface area contributed by atoms with Crippen molar-refractivity contribution in [1.29, 1.82) is 0 Å². The molecule has 186 valence electrons. The van der Waals surface area contributed by atoms with Gasteiger partial charge in [-0.05, 0) is 11.1 Å². The molecule has 12 heteroatoms. The second kappa shape index (κ2) is 11.2. The summed E-state index contributed by atoms with van der Waals surface area (Å²) in [5.41, 5.74) is 1.38. The minimum Gasteiger partial charge on any atom is -0.394 e. The number of carbonyl (C=O) groups is 3. The van der Waals surface area contributed by atoms with Gasteiger partial charge in [-0.3, -0.25) is 19.8 Å². The highest BCUT2D eigenvalue weighted by molar-refractivity contribution is 6.10. The molecule has 0 unspecified atom stereocenters. The summed E-state index contributed by atoms with van der Waals surface area (Å²) in [5.74, 6) is -1.45. The normalized spacial score (nSPS) is 18.7. The first kappa shape index (κ1) is 25.9. The molecule has 35 heavy (non-hydrogen) atoms. The van der Waals surface area contributed by atoms with Gasteiger partial charge in [0.2, 0.25) is 0 Å². The van der Waals surface area contributed by atoms with Gasteiger partial charge in [0.25, 0.3) is 11.8 Å². The molecule has 0 aliphatic carbocycles. The Bertz CT molecular complexity index is 1030. The number of hydrogen-bond donors (Lipinski definition) is 7. The molecule has 4 atom stereocenters. The summed E-state index contributed by atoms with van der Waals surface area (Å²) >= 11 is 0. The van der Waals surface area contributed by atoms with Crippen LogP contribution in [0.4, 0.5) is 4.79 Å². The lowest BCUT2D eigenvalue weighted by Gasteiger charge is -2.35. The second-order valence-corrected chi connectivity index (χ2v) is 7.82. The van der Waals surface area contributed by atoms with Crippen molar-refractivity contribution in [3.05, 3.63) is 71.8 Å². The smallest absolute Gasteiger partial charge is 0.326 e. The number of imide groups is 1. The zero-order chi connectivity index (χ0) is 25.6. The first-order valence-electron chi connectivity index (χ1n) is 10.6. The lowest BCUT2D eigenvalue weighted by Crippen LogP contribution is -2.51. The third kappa shape index (κ3) is 5.21. The Morgan fingerprint density at radius 3 is 2.03 bits per heavy atom. The van der Waals surface area contributed by atoms with Crippen LogP contribution in [0.25, 0.3) is 0 Å². The minimum atomic E-state index is -1.90. The highest BCUT2D eigenvalue weighted by Gasteiger charge is 2.55. The number of aliphatic hydroxyl groups excluding tert-OH is 5. The van der Waals surface area contributed by atoms with Gasteiger partial charge in [-0.25, -0.2) is 10.2 Å². The van der Waals surface area contributed by atoms with E-state index in [4.69, 9.17) is 5.11 Å². The van der Waals surface area contributed by atoms with Gasteiger partial charge in [0.05, 0.1) is 12.8 Å². The summed E-state index contributed by atoms with van der Waals surface area (Å²) in [6.07, 6.45) is -6.56.